The first-order valence-electron chi connectivity index (χ1n) is 10.6. The average molecular weight is 536 g/mol. The lowest BCUT2D eigenvalue weighted by Gasteiger charge is -2.28. The monoisotopic (exact) mass is 535 g/mol. The summed E-state index contributed by atoms with van der Waals surface area (Å²) in [7, 11) is 0. The third kappa shape index (κ3) is 5.03. The van der Waals surface area contributed by atoms with Crippen LogP contribution >= 0.6 is 27.7 Å². The molecular weight excluding hydrogens is 510 g/mol. The van der Waals surface area contributed by atoms with E-state index < -0.39 is 0 Å². The normalized spacial score (nSPS) is 14.0. The molecule has 33 heavy (non-hydrogen) atoms. The largest absolute Gasteiger partial charge is 0.466 e. The molecule has 1 aliphatic rings. The first-order valence-corrected chi connectivity index (χ1v) is 12.2. The number of aromatic nitrogens is 4. The molecule has 1 atom stereocenters. The van der Waals surface area contributed by atoms with Crippen molar-refractivity contribution >= 4 is 50.6 Å². The molecule has 0 amide bonds. The number of nitrogens with zero attached hydrogens (tertiary/aromatic N) is 4. The summed E-state index contributed by atoms with van der Waals surface area (Å²) >= 11 is 5.09. The van der Waals surface area contributed by atoms with E-state index in [-0.39, 0.29) is 24.1 Å². The van der Waals surface area contributed by atoms with Gasteiger partial charge in [0.05, 0.1) is 12.5 Å². The number of imidazole rings is 1. The molecule has 1 unspecified atom stereocenters. The molecule has 0 fully saturated rings. The summed E-state index contributed by atoms with van der Waals surface area (Å²) in [5, 5.41) is 0.716. The number of carbonyl (C=O) groups excluding carboxylic acids is 1. The van der Waals surface area contributed by atoms with Crippen molar-refractivity contribution in [1.82, 2.24) is 19.5 Å². The van der Waals surface area contributed by atoms with Crippen LogP contribution in [0.4, 0.5) is 5.82 Å². The Morgan fingerprint density at radius 1 is 1.33 bits per heavy atom. The van der Waals surface area contributed by atoms with E-state index in [0.717, 1.165) is 9.37 Å². The van der Waals surface area contributed by atoms with Crippen molar-refractivity contribution in [3.05, 3.63) is 22.9 Å². The van der Waals surface area contributed by atoms with Crippen LogP contribution in [0.3, 0.4) is 0 Å². The molecule has 0 saturated carbocycles. The molecule has 1 aliphatic heterocycles. The summed E-state index contributed by atoms with van der Waals surface area (Å²) in [4.78, 5) is 26.4. The summed E-state index contributed by atoms with van der Waals surface area (Å²) < 4.78 is 19.1. The van der Waals surface area contributed by atoms with Gasteiger partial charge in [0.2, 0.25) is 6.79 Å². The van der Waals surface area contributed by atoms with Gasteiger partial charge < -0.3 is 24.5 Å². The molecule has 0 spiro atoms. The predicted octanol–water partition coefficient (Wildman–Crippen LogP) is 4.67. The van der Waals surface area contributed by atoms with E-state index in [1.165, 1.54) is 18.1 Å². The molecule has 4 rings (SSSR count). The van der Waals surface area contributed by atoms with E-state index in [9.17, 15) is 4.79 Å². The Balaban J connectivity index is 1.68. The number of nitrogen functional groups attached to an aromatic ring is 1. The highest BCUT2D eigenvalue weighted by molar-refractivity contribution is 9.10. The van der Waals surface area contributed by atoms with Gasteiger partial charge in [-0.15, -0.1) is 0 Å². The van der Waals surface area contributed by atoms with Gasteiger partial charge in [0.25, 0.3) is 0 Å². The van der Waals surface area contributed by atoms with E-state index in [4.69, 9.17) is 24.9 Å². The minimum Gasteiger partial charge on any atom is -0.466 e. The Bertz CT molecular complexity index is 1200. The molecule has 11 heteroatoms. The van der Waals surface area contributed by atoms with Crippen LogP contribution in [0, 0.1) is 11.3 Å². The van der Waals surface area contributed by atoms with Crippen molar-refractivity contribution in [2.24, 2.45) is 11.3 Å². The van der Waals surface area contributed by atoms with Gasteiger partial charge in [0, 0.05) is 15.9 Å². The second-order valence-corrected chi connectivity index (χ2v) is 10.5. The van der Waals surface area contributed by atoms with Gasteiger partial charge in [-0.1, -0.05) is 32.5 Å². The number of rotatable bonds is 8. The third-order valence-corrected chi connectivity index (χ3v) is 7.26. The highest BCUT2D eigenvalue weighted by Crippen LogP contribution is 2.44. The zero-order valence-corrected chi connectivity index (χ0v) is 21.3. The van der Waals surface area contributed by atoms with Gasteiger partial charge in [-0.2, -0.15) is 0 Å². The number of hydrogen-bond donors (Lipinski definition) is 1. The van der Waals surface area contributed by atoms with Crippen molar-refractivity contribution in [2.45, 2.75) is 50.7 Å². The van der Waals surface area contributed by atoms with Crippen molar-refractivity contribution in [3.63, 3.8) is 0 Å². The summed E-state index contributed by atoms with van der Waals surface area (Å²) in [5.41, 5.74) is 7.06. The molecule has 0 radical (unpaired) electrons. The van der Waals surface area contributed by atoms with Gasteiger partial charge >= 0.3 is 5.97 Å². The van der Waals surface area contributed by atoms with Crippen LogP contribution in [0.25, 0.3) is 11.2 Å². The van der Waals surface area contributed by atoms with Gasteiger partial charge in [0.15, 0.2) is 33.6 Å². The first kappa shape index (κ1) is 23.6. The van der Waals surface area contributed by atoms with Crippen molar-refractivity contribution in [1.29, 1.82) is 0 Å². The van der Waals surface area contributed by atoms with Gasteiger partial charge in [-0.3, -0.25) is 4.79 Å². The van der Waals surface area contributed by atoms with Crippen molar-refractivity contribution in [2.75, 3.05) is 19.1 Å². The van der Waals surface area contributed by atoms with E-state index >= 15 is 0 Å². The number of ether oxygens (including phenoxy) is 3. The topological polar surface area (TPSA) is 114 Å². The van der Waals surface area contributed by atoms with Gasteiger partial charge in [-0.05, 0) is 46.8 Å². The SMILES string of the molecule is CCOC(=O)C(C)CC(C)(C)Cn1c(Sc2cc3c(cc2Br)OCO3)nc2c(N)ncnc21. The third-order valence-electron chi connectivity index (χ3n) is 5.29. The second-order valence-electron chi connectivity index (χ2n) is 8.67. The van der Waals surface area contributed by atoms with Crippen LogP contribution in [-0.2, 0) is 16.1 Å². The lowest BCUT2D eigenvalue weighted by atomic mass is 9.83. The quantitative estimate of drug-likeness (QED) is 0.411. The molecule has 3 heterocycles. The average Bonchev–Trinajstić information content (AvgIpc) is 3.33. The number of esters is 1. The molecule has 2 N–H and O–H groups in total. The number of fused-ring (bicyclic) bond motifs is 2. The van der Waals surface area contributed by atoms with Crippen molar-refractivity contribution in [3.8, 4) is 11.5 Å². The number of nitrogens with two attached hydrogens (primary N) is 1. The zero-order chi connectivity index (χ0) is 23.8. The van der Waals surface area contributed by atoms with Gasteiger partial charge in [0.1, 0.15) is 6.33 Å². The number of halogens is 1. The summed E-state index contributed by atoms with van der Waals surface area (Å²) in [5.74, 6) is 1.29. The van der Waals surface area contributed by atoms with Crippen LogP contribution in [-0.4, -0.2) is 38.9 Å². The number of benzene rings is 1. The molecule has 0 aliphatic carbocycles. The summed E-state index contributed by atoms with van der Waals surface area (Å²) in [6, 6.07) is 3.81. The Labute approximate surface area is 204 Å². The first-order chi connectivity index (χ1) is 15.7. The predicted molar refractivity (Wildman–Crippen MR) is 128 cm³/mol. The maximum absolute atomic E-state index is 12.2. The maximum atomic E-state index is 12.2. The van der Waals surface area contributed by atoms with E-state index in [1.54, 1.807) is 0 Å². The zero-order valence-electron chi connectivity index (χ0n) is 18.9. The second kappa shape index (κ2) is 9.38. The number of carbonyl (C=O) groups is 1. The van der Waals surface area contributed by atoms with E-state index in [0.29, 0.717) is 53.2 Å². The summed E-state index contributed by atoms with van der Waals surface area (Å²) in [6.45, 7) is 9.09. The molecule has 2 aromatic heterocycles. The fraction of sp³-hybridized carbons (Fsp3) is 0.455. The molecule has 3 aromatic rings. The fourth-order valence-corrected chi connectivity index (χ4v) is 5.40. The Kier molecular flexibility index (Phi) is 6.71. The van der Waals surface area contributed by atoms with Gasteiger partial charge in [-0.25, -0.2) is 15.0 Å². The minimum atomic E-state index is -0.249. The minimum absolute atomic E-state index is 0.188. The smallest absolute Gasteiger partial charge is 0.308 e. The standard InChI is InChI=1S/C22H26BrN5O4S/c1-5-30-20(29)12(2)8-22(3,4)9-28-19-17(18(24)25-10-26-19)27-21(28)33-16-7-15-14(6-13(16)23)31-11-32-15/h6-7,10,12H,5,8-9,11H2,1-4H3,(H2,24,25,26). The van der Waals surface area contributed by atoms with E-state index in [2.05, 4.69) is 39.7 Å². The lowest BCUT2D eigenvalue weighted by Crippen LogP contribution is -2.27. The molecule has 0 bridgehead atoms. The van der Waals surface area contributed by atoms with Crippen LogP contribution in [0.15, 0.2) is 33.0 Å². The highest BCUT2D eigenvalue weighted by atomic mass is 79.9. The van der Waals surface area contributed by atoms with Crippen LogP contribution in [0.2, 0.25) is 0 Å². The molecular formula is C22H26BrN5O4S. The molecule has 176 valence electrons. The number of anilines is 1. The molecule has 9 nitrogen and oxygen atoms in total. The van der Waals surface area contributed by atoms with Crippen LogP contribution in [0.5, 0.6) is 11.5 Å². The summed E-state index contributed by atoms with van der Waals surface area (Å²) in [6.07, 6.45) is 2.08. The number of hydrogen-bond acceptors (Lipinski definition) is 9. The lowest BCUT2D eigenvalue weighted by molar-refractivity contribution is -0.148. The Morgan fingerprint density at radius 3 is 2.79 bits per heavy atom. The highest BCUT2D eigenvalue weighted by Gasteiger charge is 2.29. The molecule has 0 saturated heterocycles. The maximum Gasteiger partial charge on any atom is 0.308 e. The van der Waals surface area contributed by atoms with Crippen molar-refractivity contribution < 1.29 is 19.0 Å². The van der Waals surface area contributed by atoms with E-state index in [1.807, 2.05) is 30.5 Å². The van der Waals surface area contributed by atoms with Crippen LogP contribution in [0.1, 0.15) is 34.1 Å². The molecule has 1 aromatic carbocycles. The Hall–Kier alpha value is -2.53. The van der Waals surface area contributed by atoms with Crippen LogP contribution < -0.4 is 15.2 Å². The Morgan fingerprint density at radius 2 is 2.06 bits per heavy atom. The fourth-order valence-electron chi connectivity index (χ4n) is 3.92.